The fourth-order valence-electron chi connectivity index (χ4n) is 2.14. The SMILES string of the molecule is CC(=O)c1c(C)[nH]c(C(=O)OCC(=O)NC(C)(C)C)c1C. The third-order valence-corrected chi connectivity index (χ3v) is 2.84. The Morgan fingerprint density at radius 2 is 1.76 bits per heavy atom. The summed E-state index contributed by atoms with van der Waals surface area (Å²) in [5.41, 5.74) is 1.47. The number of esters is 1. The van der Waals surface area contributed by atoms with Crippen molar-refractivity contribution in [3.8, 4) is 0 Å². The number of amides is 1. The molecule has 0 aromatic carbocycles. The van der Waals surface area contributed by atoms with Gasteiger partial charge < -0.3 is 15.0 Å². The van der Waals surface area contributed by atoms with Crippen LogP contribution in [-0.2, 0) is 9.53 Å². The summed E-state index contributed by atoms with van der Waals surface area (Å²) in [5.74, 6) is -1.14. The Balaban J connectivity index is 2.76. The molecule has 2 N–H and O–H groups in total. The maximum absolute atomic E-state index is 12.0. The van der Waals surface area contributed by atoms with Crippen LogP contribution < -0.4 is 5.32 Å². The Labute approximate surface area is 124 Å². The minimum absolute atomic E-state index is 0.120. The summed E-state index contributed by atoms with van der Waals surface area (Å²) in [6.07, 6.45) is 0. The van der Waals surface area contributed by atoms with Gasteiger partial charge in [0.25, 0.3) is 5.91 Å². The van der Waals surface area contributed by atoms with Gasteiger partial charge >= 0.3 is 5.97 Å². The van der Waals surface area contributed by atoms with E-state index in [1.807, 2.05) is 20.8 Å². The average molecular weight is 294 g/mol. The number of carbonyl (C=O) groups is 3. The van der Waals surface area contributed by atoms with Crippen molar-refractivity contribution in [2.75, 3.05) is 6.61 Å². The van der Waals surface area contributed by atoms with Crippen LogP contribution in [0.25, 0.3) is 0 Å². The molecular formula is C15H22N2O4. The van der Waals surface area contributed by atoms with Crippen molar-refractivity contribution in [3.05, 3.63) is 22.5 Å². The summed E-state index contributed by atoms with van der Waals surface area (Å²) in [6.45, 7) is 9.98. The molecule has 0 saturated carbocycles. The number of aromatic amines is 1. The summed E-state index contributed by atoms with van der Waals surface area (Å²) in [6, 6.07) is 0. The number of carbonyl (C=O) groups excluding carboxylic acids is 3. The molecule has 116 valence electrons. The van der Waals surface area contributed by atoms with E-state index >= 15 is 0 Å². The summed E-state index contributed by atoms with van der Waals surface area (Å²) >= 11 is 0. The van der Waals surface area contributed by atoms with Crippen LogP contribution in [-0.4, -0.2) is 34.8 Å². The molecule has 0 fully saturated rings. The van der Waals surface area contributed by atoms with Gasteiger partial charge in [-0.3, -0.25) is 9.59 Å². The Bertz CT molecular complexity index is 579. The molecule has 6 heteroatoms. The highest BCUT2D eigenvalue weighted by Crippen LogP contribution is 2.19. The number of ether oxygens (including phenoxy) is 1. The number of aromatic nitrogens is 1. The predicted molar refractivity (Wildman–Crippen MR) is 78.4 cm³/mol. The van der Waals surface area contributed by atoms with Crippen LogP contribution in [0, 0.1) is 13.8 Å². The van der Waals surface area contributed by atoms with Crippen molar-refractivity contribution in [2.45, 2.75) is 47.1 Å². The van der Waals surface area contributed by atoms with Gasteiger partial charge in [0.2, 0.25) is 0 Å². The molecule has 0 atom stereocenters. The quantitative estimate of drug-likeness (QED) is 0.656. The van der Waals surface area contributed by atoms with Crippen LogP contribution in [0.4, 0.5) is 0 Å². The largest absolute Gasteiger partial charge is 0.451 e. The van der Waals surface area contributed by atoms with E-state index in [1.165, 1.54) is 6.92 Å². The topological polar surface area (TPSA) is 88.3 Å². The number of H-pyrrole nitrogens is 1. The maximum Gasteiger partial charge on any atom is 0.355 e. The van der Waals surface area contributed by atoms with E-state index in [9.17, 15) is 14.4 Å². The highest BCUT2D eigenvalue weighted by molar-refractivity contribution is 6.01. The van der Waals surface area contributed by atoms with Crippen molar-refractivity contribution in [1.29, 1.82) is 0 Å². The first-order valence-corrected chi connectivity index (χ1v) is 6.71. The molecule has 0 aliphatic rings. The number of ketones is 1. The first-order chi connectivity index (χ1) is 9.53. The molecule has 21 heavy (non-hydrogen) atoms. The van der Waals surface area contributed by atoms with Gasteiger partial charge in [-0.05, 0) is 47.1 Å². The number of rotatable bonds is 4. The minimum Gasteiger partial charge on any atom is -0.451 e. The molecule has 0 radical (unpaired) electrons. The highest BCUT2D eigenvalue weighted by Gasteiger charge is 2.22. The second kappa shape index (κ2) is 6.11. The third-order valence-electron chi connectivity index (χ3n) is 2.84. The molecule has 0 saturated heterocycles. The van der Waals surface area contributed by atoms with Crippen LogP contribution >= 0.6 is 0 Å². The molecule has 0 unspecified atom stereocenters. The van der Waals surface area contributed by atoms with E-state index in [-0.39, 0.29) is 29.5 Å². The van der Waals surface area contributed by atoms with Gasteiger partial charge in [-0.15, -0.1) is 0 Å². The molecule has 1 amide bonds. The summed E-state index contributed by atoms with van der Waals surface area (Å²) in [5, 5.41) is 2.69. The van der Waals surface area contributed by atoms with Crippen LogP contribution in [0.2, 0.25) is 0 Å². The second-order valence-corrected chi connectivity index (χ2v) is 6.06. The number of aryl methyl sites for hydroxylation is 1. The number of hydrogen-bond donors (Lipinski definition) is 2. The monoisotopic (exact) mass is 294 g/mol. The molecule has 6 nitrogen and oxygen atoms in total. The zero-order chi connectivity index (χ0) is 16.4. The van der Waals surface area contributed by atoms with Gasteiger partial charge in [0.05, 0.1) is 0 Å². The fraction of sp³-hybridized carbons (Fsp3) is 0.533. The van der Waals surface area contributed by atoms with E-state index < -0.39 is 5.97 Å². The molecule has 0 aliphatic heterocycles. The molecule has 0 aliphatic carbocycles. The van der Waals surface area contributed by atoms with Gasteiger partial charge in [-0.2, -0.15) is 0 Å². The molecule has 1 heterocycles. The minimum atomic E-state index is -0.646. The van der Waals surface area contributed by atoms with Gasteiger partial charge in [0, 0.05) is 16.8 Å². The summed E-state index contributed by atoms with van der Waals surface area (Å²) < 4.78 is 4.97. The molecular weight excluding hydrogens is 272 g/mol. The lowest BCUT2D eigenvalue weighted by atomic mass is 10.1. The van der Waals surface area contributed by atoms with Gasteiger partial charge in [0.15, 0.2) is 12.4 Å². The van der Waals surface area contributed by atoms with Crippen molar-refractivity contribution in [3.63, 3.8) is 0 Å². The smallest absolute Gasteiger partial charge is 0.355 e. The Morgan fingerprint density at radius 1 is 1.19 bits per heavy atom. The van der Waals surface area contributed by atoms with Crippen LogP contribution in [0.3, 0.4) is 0 Å². The maximum atomic E-state index is 12.0. The number of Topliss-reactive ketones (excluding diaryl/α,β-unsaturated/α-hetero) is 1. The standard InChI is InChI=1S/C15H22N2O4/c1-8-12(10(3)18)9(2)16-13(8)14(20)21-7-11(19)17-15(4,5)6/h16H,7H2,1-6H3,(H,17,19). The summed E-state index contributed by atoms with van der Waals surface area (Å²) in [7, 11) is 0. The van der Waals surface area contributed by atoms with Crippen LogP contribution in [0.5, 0.6) is 0 Å². The van der Waals surface area contributed by atoms with Crippen LogP contribution in [0.15, 0.2) is 0 Å². The lowest BCUT2D eigenvalue weighted by Crippen LogP contribution is -2.42. The zero-order valence-electron chi connectivity index (χ0n) is 13.3. The second-order valence-electron chi connectivity index (χ2n) is 6.06. The molecule has 0 bridgehead atoms. The van der Waals surface area contributed by atoms with Crippen molar-refractivity contribution in [1.82, 2.24) is 10.3 Å². The Hall–Kier alpha value is -2.11. The van der Waals surface area contributed by atoms with E-state index in [0.717, 1.165) is 0 Å². The van der Waals surface area contributed by atoms with Crippen LogP contribution in [0.1, 0.15) is 59.8 Å². The highest BCUT2D eigenvalue weighted by atomic mass is 16.5. The predicted octanol–water partition coefficient (Wildman–Crippen LogP) is 1.91. The molecule has 1 aromatic rings. The lowest BCUT2D eigenvalue weighted by molar-refractivity contribution is -0.125. The van der Waals surface area contributed by atoms with E-state index in [2.05, 4.69) is 10.3 Å². The Morgan fingerprint density at radius 3 is 2.19 bits per heavy atom. The van der Waals surface area contributed by atoms with E-state index in [0.29, 0.717) is 16.8 Å². The van der Waals surface area contributed by atoms with E-state index in [1.54, 1.807) is 13.8 Å². The average Bonchev–Trinajstić information content (AvgIpc) is 2.59. The van der Waals surface area contributed by atoms with E-state index in [4.69, 9.17) is 4.74 Å². The summed E-state index contributed by atoms with van der Waals surface area (Å²) in [4.78, 5) is 37.9. The van der Waals surface area contributed by atoms with Crippen molar-refractivity contribution >= 4 is 17.7 Å². The normalized spacial score (nSPS) is 11.1. The van der Waals surface area contributed by atoms with Crippen molar-refractivity contribution in [2.24, 2.45) is 0 Å². The molecule has 0 spiro atoms. The first kappa shape index (κ1) is 16.9. The third kappa shape index (κ3) is 4.44. The number of hydrogen-bond acceptors (Lipinski definition) is 4. The van der Waals surface area contributed by atoms with Crippen molar-refractivity contribution < 1.29 is 19.1 Å². The Kier molecular flexibility index (Phi) is 4.93. The number of nitrogens with one attached hydrogen (secondary N) is 2. The first-order valence-electron chi connectivity index (χ1n) is 6.71. The fourth-order valence-corrected chi connectivity index (χ4v) is 2.14. The zero-order valence-corrected chi connectivity index (χ0v) is 13.3. The lowest BCUT2D eigenvalue weighted by Gasteiger charge is -2.20. The molecule has 1 aromatic heterocycles. The van der Waals surface area contributed by atoms with Gasteiger partial charge in [-0.25, -0.2) is 4.79 Å². The van der Waals surface area contributed by atoms with Gasteiger partial charge in [0.1, 0.15) is 5.69 Å². The van der Waals surface area contributed by atoms with Gasteiger partial charge in [-0.1, -0.05) is 0 Å². The molecule has 1 rings (SSSR count).